The maximum Gasteiger partial charge on any atom is 0.410 e. The molecule has 1 aliphatic heterocycles. The number of ketones is 1. The summed E-state index contributed by atoms with van der Waals surface area (Å²) < 4.78 is 70.6. The Bertz CT molecular complexity index is 2550. The van der Waals surface area contributed by atoms with E-state index in [-0.39, 0.29) is 51.9 Å². The molecule has 290 valence electrons. The number of pyridine rings is 3. The summed E-state index contributed by atoms with van der Waals surface area (Å²) in [5.74, 6) is -2.29. The number of aromatic nitrogens is 6. The van der Waals surface area contributed by atoms with Crippen LogP contribution in [0, 0.1) is 11.8 Å². The number of carbonyl (C=O) groups is 2. The van der Waals surface area contributed by atoms with Crippen molar-refractivity contribution >= 4 is 38.8 Å². The van der Waals surface area contributed by atoms with Gasteiger partial charge in [-0.2, -0.15) is 9.49 Å². The normalized spacial score (nSPS) is 13.9. The highest BCUT2D eigenvalue weighted by atomic mass is 32.2. The maximum absolute atomic E-state index is 15.6. The van der Waals surface area contributed by atoms with Crippen LogP contribution >= 0.6 is 0 Å². The quantitative estimate of drug-likeness (QED) is 0.117. The van der Waals surface area contributed by atoms with Crippen molar-refractivity contribution < 1.29 is 36.3 Å². The van der Waals surface area contributed by atoms with Gasteiger partial charge in [-0.3, -0.25) is 9.48 Å². The Labute approximate surface area is 321 Å². The Kier molecular flexibility index (Phi) is 10.3. The summed E-state index contributed by atoms with van der Waals surface area (Å²) in [6, 6.07) is 13.1. The maximum atomic E-state index is 15.6. The van der Waals surface area contributed by atoms with Gasteiger partial charge in [0.25, 0.3) is 10.0 Å². The molecule has 1 saturated heterocycles. The molecule has 1 N–H and O–H groups in total. The number of halogens is 2. The van der Waals surface area contributed by atoms with E-state index in [2.05, 4.69) is 25.4 Å². The number of ether oxygens (including phenoxy) is 2. The zero-order valence-corrected chi connectivity index (χ0v) is 31.8. The molecule has 0 radical (unpaired) electrons. The summed E-state index contributed by atoms with van der Waals surface area (Å²) in [4.78, 5) is 40.6. The number of rotatable bonds is 10. The molecule has 1 aromatic carbocycles. The topological polar surface area (TPSA) is 163 Å². The first kappa shape index (κ1) is 38.1. The first-order valence-electron chi connectivity index (χ1n) is 17.7. The van der Waals surface area contributed by atoms with E-state index in [9.17, 15) is 22.4 Å². The summed E-state index contributed by atoms with van der Waals surface area (Å²) >= 11 is 0. The van der Waals surface area contributed by atoms with Gasteiger partial charge in [-0.1, -0.05) is 18.2 Å². The van der Waals surface area contributed by atoms with Crippen molar-refractivity contribution in [2.75, 3.05) is 25.5 Å². The van der Waals surface area contributed by atoms with Crippen molar-refractivity contribution in [2.24, 2.45) is 0 Å². The number of nitrogens with one attached hydrogen (secondary N) is 1. The minimum atomic E-state index is -4.24. The molecule has 1 fully saturated rings. The van der Waals surface area contributed by atoms with Gasteiger partial charge in [0.05, 0.1) is 41.6 Å². The van der Waals surface area contributed by atoms with Crippen LogP contribution < -0.4 is 10.1 Å². The fourth-order valence-corrected chi connectivity index (χ4v) is 7.79. The monoisotopic (exact) mass is 784 g/mol. The number of carbonyl (C=O) groups excluding carboxylic acids is 2. The second kappa shape index (κ2) is 15.1. The first-order chi connectivity index (χ1) is 26.7. The zero-order chi connectivity index (χ0) is 39.8. The Morgan fingerprint density at radius 1 is 0.929 bits per heavy atom. The number of methoxy groups -OCH3 is 1. The number of piperidine rings is 1. The fraction of sp³-hybridized carbons (Fsp3) is 0.282. The Hall–Kier alpha value is -6.23. The molecule has 5 aromatic heterocycles. The van der Waals surface area contributed by atoms with Gasteiger partial charge in [-0.25, -0.2) is 36.5 Å². The van der Waals surface area contributed by atoms with Crippen LogP contribution in [0.1, 0.15) is 61.1 Å². The van der Waals surface area contributed by atoms with Crippen LogP contribution in [-0.2, 0) is 21.3 Å². The van der Waals surface area contributed by atoms with E-state index in [1.54, 1.807) is 35.4 Å². The van der Waals surface area contributed by atoms with Gasteiger partial charge in [0.1, 0.15) is 17.2 Å². The van der Waals surface area contributed by atoms with Gasteiger partial charge in [0, 0.05) is 60.3 Å². The van der Waals surface area contributed by atoms with Crippen LogP contribution in [0.25, 0.3) is 22.2 Å². The van der Waals surface area contributed by atoms with Crippen molar-refractivity contribution in [1.82, 2.24) is 33.6 Å². The van der Waals surface area contributed by atoms with Crippen LogP contribution in [0.2, 0.25) is 0 Å². The van der Waals surface area contributed by atoms with Crippen LogP contribution in [-0.4, -0.2) is 79.7 Å². The number of nitrogens with zero attached hydrogens (tertiary/aromatic N) is 7. The number of anilines is 1. The molecule has 6 heterocycles. The zero-order valence-electron chi connectivity index (χ0n) is 30.9. The Morgan fingerprint density at radius 2 is 1.68 bits per heavy atom. The average molecular weight is 785 g/mol. The van der Waals surface area contributed by atoms with Crippen molar-refractivity contribution in [3.05, 3.63) is 114 Å². The highest BCUT2D eigenvalue weighted by molar-refractivity contribution is 7.90. The minimum Gasteiger partial charge on any atom is -0.481 e. The first-order valence-corrected chi connectivity index (χ1v) is 19.1. The number of hydrogen-bond donors (Lipinski definition) is 1. The molecular weight excluding hydrogens is 747 g/mol. The lowest BCUT2D eigenvalue weighted by atomic mass is 10.0. The Balaban J connectivity index is 1.19. The number of amides is 1. The van der Waals surface area contributed by atoms with E-state index in [1.165, 1.54) is 43.6 Å². The van der Waals surface area contributed by atoms with Crippen LogP contribution in [0.5, 0.6) is 5.88 Å². The van der Waals surface area contributed by atoms with E-state index >= 15 is 4.39 Å². The molecule has 0 unspecified atom stereocenters. The SMILES string of the molecule is COc1ncc(F)cc1CNc1ccc(C(=O)c2cn(S(=O)(=O)c3ccccc3)c3ncc(-c4cnn(C5CCN(C(=O)OC(C)(C)C)CC5)c4)cc23)c(F)n1. The van der Waals surface area contributed by atoms with Gasteiger partial charge in [0.2, 0.25) is 11.8 Å². The standard InChI is InChI=1S/C39H38F2N8O6S/c1-39(2,3)55-38(51)47-14-12-28(13-15-47)48-22-26(20-45-48)24-17-31-32(23-49(36(31)43-18-24)56(52,53)29-8-6-5-7-9-29)34(50)30-10-11-33(46-35(30)41)42-19-25-16-27(40)21-44-37(25)54-4/h5-11,16-18,20-23,28H,12-15,19H2,1-4H3,(H,42,46). The van der Waals surface area contributed by atoms with Crippen molar-refractivity contribution in [1.29, 1.82) is 0 Å². The summed E-state index contributed by atoms with van der Waals surface area (Å²) in [5, 5.41) is 7.62. The van der Waals surface area contributed by atoms with Crippen LogP contribution in [0.3, 0.4) is 0 Å². The van der Waals surface area contributed by atoms with E-state index < -0.39 is 38.7 Å². The number of fused-ring (bicyclic) bond motifs is 1. The van der Waals surface area contributed by atoms with Gasteiger partial charge < -0.3 is 19.7 Å². The van der Waals surface area contributed by atoms with Crippen molar-refractivity contribution in [2.45, 2.75) is 56.7 Å². The molecule has 0 aliphatic carbocycles. The molecule has 56 heavy (non-hydrogen) atoms. The summed E-state index contributed by atoms with van der Waals surface area (Å²) in [6.45, 7) is 6.47. The molecule has 1 aliphatic rings. The van der Waals surface area contributed by atoms with Gasteiger partial charge >= 0.3 is 6.09 Å². The number of likely N-dealkylation sites (tertiary alicyclic amines) is 1. The van der Waals surface area contributed by atoms with Gasteiger partial charge in [-0.05, 0) is 70.0 Å². The molecule has 1 amide bonds. The molecule has 0 saturated carbocycles. The third-order valence-corrected chi connectivity index (χ3v) is 10.9. The fourth-order valence-electron chi connectivity index (χ4n) is 6.45. The summed E-state index contributed by atoms with van der Waals surface area (Å²) in [6.07, 6.45) is 8.07. The molecule has 17 heteroatoms. The highest BCUT2D eigenvalue weighted by Gasteiger charge is 2.30. The smallest absolute Gasteiger partial charge is 0.410 e. The third-order valence-electron chi connectivity index (χ3n) is 9.22. The Morgan fingerprint density at radius 3 is 2.38 bits per heavy atom. The lowest BCUT2D eigenvalue weighted by molar-refractivity contribution is 0.0184. The highest BCUT2D eigenvalue weighted by Crippen LogP contribution is 2.32. The van der Waals surface area contributed by atoms with Crippen LogP contribution in [0.15, 0.2) is 90.5 Å². The van der Waals surface area contributed by atoms with Crippen molar-refractivity contribution in [3.8, 4) is 17.0 Å². The molecule has 0 bridgehead atoms. The van der Waals surface area contributed by atoms with Gasteiger partial charge in [0.15, 0.2) is 11.4 Å². The van der Waals surface area contributed by atoms with Crippen LogP contribution in [0.4, 0.5) is 19.4 Å². The molecule has 14 nitrogen and oxygen atoms in total. The third kappa shape index (κ3) is 7.80. The molecule has 0 atom stereocenters. The second-order valence-electron chi connectivity index (χ2n) is 14.2. The molecular formula is C39H38F2N8O6S. The summed E-state index contributed by atoms with van der Waals surface area (Å²) in [7, 11) is -2.86. The molecule has 0 spiro atoms. The van der Waals surface area contributed by atoms with E-state index in [0.29, 0.717) is 42.6 Å². The van der Waals surface area contributed by atoms with E-state index in [4.69, 9.17) is 9.47 Å². The minimum absolute atomic E-state index is 0.00516. The second-order valence-corrected chi connectivity index (χ2v) is 16.0. The lowest BCUT2D eigenvalue weighted by Crippen LogP contribution is -2.42. The lowest BCUT2D eigenvalue weighted by Gasteiger charge is -2.33. The largest absolute Gasteiger partial charge is 0.481 e. The predicted molar refractivity (Wildman–Crippen MR) is 202 cm³/mol. The predicted octanol–water partition coefficient (Wildman–Crippen LogP) is 6.63. The van der Waals surface area contributed by atoms with E-state index in [0.717, 1.165) is 16.4 Å². The van der Waals surface area contributed by atoms with Crippen molar-refractivity contribution in [3.63, 3.8) is 0 Å². The average Bonchev–Trinajstić information content (AvgIpc) is 3.83. The summed E-state index contributed by atoms with van der Waals surface area (Å²) in [5.41, 5.74) is 0.399. The number of benzene rings is 1. The molecule has 7 rings (SSSR count). The number of hydrogen-bond acceptors (Lipinski definition) is 11. The van der Waals surface area contributed by atoms with E-state index in [1.807, 2.05) is 31.6 Å². The van der Waals surface area contributed by atoms with Gasteiger partial charge in [-0.15, -0.1) is 0 Å². The molecule has 6 aromatic rings.